The van der Waals surface area contributed by atoms with Crippen LogP contribution >= 0.6 is 0 Å². The maximum Gasteiger partial charge on any atom is 0.309 e. The van der Waals surface area contributed by atoms with Crippen LogP contribution in [0.5, 0.6) is 5.75 Å². The van der Waals surface area contributed by atoms with Crippen LogP contribution in [0.15, 0.2) is 36.4 Å². The summed E-state index contributed by atoms with van der Waals surface area (Å²) in [5.74, 6) is -7.99. The predicted octanol–water partition coefficient (Wildman–Crippen LogP) is 9.44. The summed E-state index contributed by atoms with van der Waals surface area (Å²) in [7, 11) is 0. The minimum Gasteiger partial charge on any atom is -0.491 e. The van der Waals surface area contributed by atoms with E-state index in [1.54, 1.807) is 19.1 Å². The summed E-state index contributed by atoms with van der Waals surface area (Å²) in [6, 6.07) is 8.19. The predicted molar refractivity (Wildman–Crippen MR) is 150 cm³/mol. The third-order valence-corrected chi connectivity index (χ3v) is 8.95. The zero-order valence-electron chi connectivity index (χ0n) is 24.1. The van der Waals surface area contributed by atoms with Crippen molar-refractivity contribution in [1.29, 1.82) is 0 Å². The molecule has 0 N–H and O–H groups in total. The smallest absolute Gasteiger partial charge is 0.309 e. The van der Waals surface area contributed by atoms with Crippen molar-refractivity contribution in [3.63, 3.8) is 0 Å². The zero-order valence-corrected chi connectivity index (χ0v) is 24.1. The Bertz CT molecular complexity index is 1490. The molecule has 2 fully saturated rings. The molecule has 0 radical (unpaired) electrons. The van der Waals surface area contributed by atoms with E-state index in [2.05, 4.69) is 0 Å². The highest BCUT2D eigenvalue weighted by Gasteiger charge is 2.33. The molecule has 0 saturated heterocycles. The molecule has 2 saturated carbocycles. The van der Waals surface area contributed by atoms with Gasteiger partial charge in [0.25, 0.3) is 0 Å². The highest BCUT2D eigenvalue weighted by atomic mass is 19.2. The molecule has 0 atom stereocenters. The summed E-state index contributed by atoms with van der Waals surface area (Å²) in [6.45, 7) is 3.25. The van der Waals surface area contributed by atoms with Crippen LogP contribution in [0, 0.1) is 47.7 Å². The van der Waals surface area contributed by atoms with Crippen molar-refractivity contribution in [3.05, 3.63) is 88.0 Å². The highest BCUT2D eigenvalue weighted by molar-refractivity contribution is 5.72. The van der Waals surface area contributed by atoms with E-state index in [4.69, 9.17) is 9.47 Å². The molecular formula is C34H34F6O3. The van der Waals surface area contributed by atoms with Gasteiger partial charge in [-0.25, -0.2) is 22.0 Å². The third-order valence-electron chi connectivity index (χ3n) is 8.95. The first kappa shape index (κ1) is 31.0. The minimum absolute atomic E-state index is 0.121. The van der Waals surface area contributed by atoms with Crippen molar-refractivity contribution in [3.8, 4) is 16.9 Å². The lowest BCUT2D eigenvalue weighted by atomic mass is 9.78. The summed E-state index contributed by atoms with van der Waals surface area (Å²) in [6.07, 6.45) is 3.67. The molecule has 230 valence electrons. The van der Waals surface area contributed by atoms with E-state index >= 15 is 8.78 Å². The largest absolute Gasteiger partial charge is 0.491 e. The lowest BCUT2D eigenvalue weighted by Crippen LogP contribution is -2.30. The first-order valence-electron chi connectivity index (χ1n) is 14.8. The molecule has 2 aliphatic rings. The Hall–Kier alpha value is -3.49. The van der Waals surface area contributed by atoms with Crippen LogP contribution in [0.25, 0.3) is 11.1 Å². The Morgan fingerprint density at radius 3 is 1.77 bits per heavy atom. The molecule has 0 amide bonds. The average Bonchev–Trinajstić information content (AvgIpc) is 3.01. The van der Waals surface area contributed by atoms with Gasteiger partial charge in [0.2, 0.25) is 5.82 Å². The van der Waals surface area contributed by atoms with Gasteiger partial charge in [0.05, 0.1) is 12.5 Å². The standard InChI is InChI=1S/C34H34F6O3/c1-3-42-27-17-16-26(32(39)33(27)40)25-15-14-24(30(37)31(25)38)20-9-11-22(12-10-20)43-34(41)21-7-5-19(6-8-21)23-13-4-18(2)28(35)29(23)36/h4,13-17,19-22H,3,5-12H2,1-2H3. The first-order valence-corrected chi connectivity index (χ1v) is 14.8. The van der Waals surface area contributed by atoms with E-state index in [0.29, 0.717) is 56.9 Å². The molecule has 0 aliphatic heterocycles. The molecule has 3 aromatic rings. The number of rotatable bonds is 7. The van der Waals surface area contributed by atoms with E-state index in [-0.39, 0.29) is 58.9 Å². The molecule has 0 bridgehead atoms. The summed E-state index contributed by atoms with van der Waals surface area (Å²) in [5, 5.41) is 0. The molecule has 5 rings (SSSR count). The molecule has 0 spiro atoms. The van der Waals surface area contributed by atoms with Gasteiger partial charge in [0, 0.05) is 11.1 Å². The lowest BCUT2D eigenvalue weighted by molar-refractivity contribution is -0.157. The number of halogens is 6. The van der Waals surface area contributed by atoms with Gasteiger partial charge in [-0.3, -0.25) is 4.79 Å². The number of aryl methyl sites for hydroxylation is 1. The quantitative estimate of drug-likeness (QED) is 0.199. The topological polar surface area (TPSA) is 35.5 Å². The number of ether oxygens (including phenoxy) is 2. The van der Waals surface area contributed by atoms with Crippen molar-refractivity contribution in [2.75, 3.05) is 6.61 Å². The zero-order chi connectivity index (χ0) is 30.8. The highest BCUT2D eigenvalue weighted by Crippen LogP contribution is 2.41. The number of hydrogen-bond acceptors (Lipinski definition) is 3. The van der Waals surface area contributed by atoms with Crippen molar-refractivity contribution in [1.82, 2.24) is 0 Å². The van der Waals surface area contributed by atoms with Gasteiger partial charge in [0.15, 0.2) is 34.8 Å². The monoisotopic (exact) mass is 604 g/mol. The van der Waals surface area contributed by atoms with Gasteiger partial charge in [-0.2, -0.15) is 4.39 Å². The number of esters is 1. The van der Waals surface area contributed by atoms with Crippen LogP contribution in [-0.4, -0.2) is 18.7 Å². The molecule has 0 heterocycles. The Labute approximate surface area is 247 Å². The fraction of sp³-hybridized carbons (Fsp3) is 0.441. The Kier molecular flexibility index (Phi) is 9.37. The van der Waals surface area contributed by atoms with Crippen LogP contribution in [0.3, 0.4) is 0 Å². The van der Waals surface area contributed by atoms with Gasteiger partial charge in [-0.05, 0) is 106 Å². The number of hydrogen-bond donors (Lipinski definition) is 0. The molecule has 3 nitrogen and oxygen atoms in total. The van der Waals surface area contributed by atoms with Crippen LogP contribution in [0.2, 0.25) is 0 Å². The van der Waals surface area contributed by atoms with Crippen LogP contribution in [0.4, 0.5) is 26.3 Å². The summed E-state index contributed by atoms with van der Waals surface area (Å²) in [5.41, 5.74) is -0.0233. The van der Waals surface area contributed by atoms with Crippen LogP contribution in [-0.2, 0) is 9.53 Å². The van der Waals surface area contributed by atoms with Gasteiger partial charge < -0.3 is 9.47 Å². The molecule has 3 aromatic carbocycles. The Morgan fingerprint density at radius 1 is 0.651 bits per heavy atom. The molecule has 43 heavy (non-hydrogen) atoms. The lowest BCUT2D eigenvalue weighted by Gasteiger charge is -2.32. The summed E-state index contributed by atoms with van der Waals surface area (Å²) in [4.78, 5) is 12.9. The van der Waals surface area contributed by atoms with Crippen molar-refractivity contribution < 1.29 is 40.6 Å². The van der Waals surface area contributed by atoms with E-state index in [0.717, 1.165) is 6.07 Å². The van der Waals surface area contributed by atoms with E-state index in [1.165, 1.54) is 25.1 Å². The number of benzene rings is 3. The fourth-order valence-electron chi connectivity index (χ4n) is 6.46. The molecule has 0 aromatic heterocycles. The molecule has 2 aliphatic carbocycles. The average molecular weight is 605 g/mol. The molecule has 0 unspecified atom stereocenters. The molecular weight excluding hydrogens is 570 g/mol. The second-order valence-electron chi connectivity index (χ2n) is 11.6. The van der Waals surface area contributed by atoms with E-state index in [9.17, 15) is 22.4 Å². The minimum atomic E-state index is -1.32. The van der Waals surface area contributed by atoms with Gasteiger partial charge in [-0.1, -0.05) is 24.3 Å². The normalized spacial score (nSPS) is 22.3. The van der Waals surface area contributed by atoms with Crippen molar-refractivity contribution >= 4 is 5.97 Å². The van der Waals surface area contributed by atoms with Gasteiger partial charge >= 0.3 is 5.97 Å². The summed E-state index contributed by atoms with van der Waals surface area (Å²) < 4.78 is 98.5. The number of carbonyl (C=O) groups is 1. The fourth-order valence-corrected chi connectivity index (χ4v) is 6.46. The number of carbonyl (C=O) groups excluding carboxylic acids is 1. The first-order chi connectivity index (χ1) is 20.6. The molecule has 9 heteroatoms. The second-order valence-corrected chi connectivity index (χ2v) is 11.6. The maximum absolute atomic E-state index is 15.2. The van der Waals surface area contributed by atoms with E-state index in [1.807, 2.05) is 0 Å². The van der Waals surface area contributed by atoms with Crippen molar-refractivity contribution in [2.45, 2.75) is 83.2 Å². The van der Waals surface area contributed by atoms with Gasteiger partial charge in [-0.15, -0.1) is 0 Å². The Balaban J connectivity index is 1.16. The third kappa shape index (κ3) is 6.27. The SMILES string of the molecule is CCOc1ccc(-c2ccc(C3CCC(OC(=O)C4CCC(c5ccc(C)c(F)c5F)CC4)CC3)c(F)c2F)c(F)c1F. The van der Waals surface area contributed by atoms with Crippen LogP contribution < -0.4 is 4.74 Å². The summed E-state index contributed by atoms with van der Waals surface area (Å²) >= 11 is 0. The maximum atomic E-state index is 15.2. The van der Waals surface area contributed by atoms with Crippen molar-refractivity contribution in [2.24, 2.45) is 5.92 Å². The van der Waals surface area contributed by atoms with E-state index < -0.39 is 40.5 Å². The van der Waals surface area contributed by atoms with Crippen LogP contribution in [0.1, 0.15) is 86.8 Å². The van der Waals surface area contributed by atoms with Gasteiger partial charge in [0.1, 0.15) is 6.10 Å². The Morgan fingerprint density at radius 2 is 1.16 bits per heavy atom. The second kappa shape index (κ2) is 13.0.